The highest BCUT2D eigenvalue weighted by molar-refractivity contribution is 9.10. The standard InChI is InChI=1S/C11H14BrNO2/c1-3-15-11(14)8(2)13-10-6-4-5-9(12)7-10/h4-8,13H,3H2,1-2H3/t8-/m0/s1. The Hall–Kier alpha value is -1.03. The Balaban J connectivity index is 2.58. The van der Waals surface area contributed by atoms with E-state index in [2.05, 4.69) is 21.2 Å². The Morgan fingerprint density at radius 1 is 1.60 bits per heavy atom. The summed E-state index contributed by atoms with van der Waals surface area (Å²) in [6, 6.07) is 7.32. The first-order valence-corrected chi connectivity index (χ1v) is 5.61. The van der Waals surface area contributed by atoms with Crippen molar-refractivity contribution in [1.82, 2.24) is 0 Å². The number of carbonyl (C=O) groups excluding carboxylic acids is 1. The maximum atomic E-state index is 11.3. The van der Waals surface area contributed by atoms with Gasteiger partial charge in [0.05, 0.1) is 6.61 Å². The van der Waals surface area contributed by atoms with Crippen LogP contribution in [-0.4, -0.2) is 18.6 Å². The van der Waals surface area contributed by atoms with Crippen molar-refractivity contribution in [2.45, 2.75) is 19.9 Å². The topological polar surface area (TPSA) is 38.3 Å². The minimum absolute atomic E-state index is 0.238. The average molecular weight is 272 g/mol. The van der Waals surface area contributed by atoms with Crippen molar-refractivity contribution in [3.05, 3.63) is 28.7 Å². The van der Waals surface area contributed by atoms with Gasteiger partial charge in [-0.3, -0.25) is 0 Å². The number of anilines is 1. The molecule has 1 rings (SSSR count). The molecule has 3 nitrogen and oxygen atoms in total. The molecule has 0 bridgehead atoms. The number of hydrogen-bond donors (Lipinski definition) is 1. The third kappa shape index (κ3) is 3.91. The molecule has 0 radical (unpaired) electrons. The van der Waals surface area contributed by atoms with Gasteiger partial charge in [0, 0.05) is 10.2 Å². The summed E-state index contributed by atoms with van der Waals surface area (Å²) in [5.41, 5.74) is 0.893. The van der Waals surface area contributed by atoms with Gasteiger partial charge in [-0.1, -0.05) is 22.0 Å². The van der Waals surface area contributed by atoms with Crippen molar-refractivity contribution >= 4 is 27.6 Å². The van der Waals surface area contributed by atoms with Crippen molar-refractivity contribution in [1.29, 1.82) is 0 Å². The molecule has 0 heterocycles. The van der Waals surface area contributed by atoms with E-state index in [1.54, 1.807) is 13.8 Å². The molecule has 0 unspecified atom stereocenters. The SMILES string of the molecule is CCOC(=O)[C@H](C)Nc1cccc(Br)c1. The van der Waals surface area contributed by atoms with Crippen LogP contribution in [0.1, 0.15) is 13.8 Å². The smallest absolute Gasteiger partial charge is 0.328 e. The minimum atomic E-state index is -0.334. The van der Waals surface area contributed by atoms with E-state index in [1.807, 2.05) is 24.3 Å². The zero-order valence-corrected chi connectivity index (χ0v) is 10.4. The van der Waals surface area contributed by atoms with E-state index in [9.17, 15) is 4.79 Å². The number of hydrogen-bond acceptors (Lipinski definition) is 3. The van der Waals surface area contributed by atoms with Crippen LogP contribution in [0.3, 0.4) is 0 Å². The first-order valence-electron chi connectivity index (χ1n) is 4.82. The van der Waals surface area contributed by atoms with Crippen molar-refractivity contribution in [2.24, 2.45) is 0 Å². The highest BCUT2D eigenvalue weighted by atomic mass is 79.9. The second-order valence-electron chi connectivity index (χ2n) is 3.13. The molecule has 4 heteroatoms. The van der Waals surface area contributed by atoms with E-state index in [4.69, 9.17) is 4.74 Å². The molecular formula is C11H14BrNO2. The molecule has 0 saturated carbocycles. The molecule has 0 saturated heterocycles. The lowest BCUT2D eigenvalue weighted by molar-refractivity contribution is -0.143. The number of ether oxygens (including phenoxy) is 1. The summed E-state index contributed by atoms with van der Waals surface area (Å²) >= 11 is 3.36. The number of rotatable bonds is 4. The van der Waals surface area contributed by atoms with Gasteiger partial charge >= 0.3 is 5.97 Å². The van der Waals surface area contributed by atoms with Crippen LogP contribution in [0.15, 0.2) is 28.7 Å². The van der Waals surface area contributed by atoms with Crippen LogP contribution in [0.25, 0.3) is 0 Å². The third-order valence-corrected chi connectivity index (χ3v) is 2.34. The lowest BCUT2D eigenvalue weighted by Crippen LogP contribution is -2.28. The third-order valence-electron chi connectivity index (χ3n) is 1.85. The number of nitrogens with one attached hydrogen (secondary N) is 1. The van der Waals surface area contributed by atoms with Crippen molar-refractivity contribution in [2.75, 3.05) is 11.9 Å². The fourth-order valence-electron chi connectivity index (χ4n) is 1.15. The summed E-state index contributed by atoms with van der Waals surface area (Å²) in [6.07, 6.45) is 0. The maximum absolute atomic E-state index is 11.3. The quantitative estimate of drug-likeness (QED) is 0.856. The van der Waals surface area contributed by atoms with Crippen LogP contribution >= 0.6 is 15.9 Å². The van der Waals surface area contributed by atoms with Crippen LogP contribution in [0.4, 0.5) is 5.69 Å². The number of esters is 1. The summed E-state index contributed by atoms with van der Waals surface area (Å²) in [5, 5.41) is 3.06. The van der Waals surface area contributed by atoms with E-state index >= 15 is 0 Å². The van der Waals surface area contributed by atoms with Gasteiger partial charge in [0.2, 0.25) is 0 Å². The van der Waals surface area contributed by atoms with E-state index < -0.39 is 0 Å². The molecule has 82 valence electrons. The molecule has 1 atom stereocenters. The first-order chi connectivity index (χ1) is 7.13. The Labute approximate surface area is 97.9 Å². The van der Waals surface area contributed by atoms with Crippen LogP contribution < -0.4 is 5.32 Å². The Bertz CT molecular complexity index is 341. The Kier molecular flexibility index (Phi) is 4.62. The molecule has 0 aliphatic carbocycles. The van der Waals surface area contributed by atoms with Gasteiger partial charge in [0.1, 0.15) is 6.04 Å². The molecule has 1 N–H and O–H groups in total. The molecule has 15 heavy (non-hydrogen) atoms. The molecule has 1 aromatic rings. The summed E-state index contributed by atoms with van der Waals surface area (Å²) in [7, 11) is 0. The van der Waals surface area contributed by atoms with Gasteiger partial charge in [-0.05, 0) is 32.0 Å². The fourth-order valence-corrected chi connectivity index (χ4v) is 1.55. The summed E-state index contributed by atoms with van der Waals surface area (Å²) < 4.78 is 5.87. The molecule has 0 aromatic heterocycles. The highest BCUT2D eigenvalue weighted by Crippen LogP contribution is 2.16. The second-order valence-corrected chi connectivity index (χ2v) is 4.04. The molecule has 0 aliphatic rings. The Morgan fingerprint density at radius 3 is 2.93 bits per heavy atom. The normalized spacial score (nSPS) is 11.9. The van der Waals surface area contributed by atoms with Crippen LogP contribution in [0.5, 0.6) is 0 Å². The van der Waals surface area contributed by atoms with Gasteiger partial charge < -0.3 is 10.1 Å². The number of halogens is 1. The lowest BCUT2D eigenvalue weighted by Gasteiger charge is -2.13. The van der Waals surface area contributed by atoms with Gasteiger partial charge in [-0.25, -0.2) is 4.79 Å². The van der Waals surface area contributed by atoms with E-state index in [-0.39, 0.29) is 12.0 Å². The summed E-state index contributed by atoms with van der Waals surface area (Å²) in [6.45, 7) is 3.98. The van der Waals surface area contributed by atoms with Gasteiger partial charge in [-0.15, -0.1) is 0 Å². The van der Waals surface area contributed by atoms with Gasteiger partial charge in [0.15, 0.2) is 0 Å². The molecule has 1 aromatic carbocycles. The largest absolute Gasteiger partial charge is 0.464 e. The molecule has 0 fully saturated rings. The average Bonchev–Trinajstić information content (AvgIpc) is 2.18. The monoisotopic (exact) mass is 271 g/mol. The van der Waals surface area contributed by atoms with Crippen LogP contribution in [0.2, 0.25) is 0 Å². The van der Waals surface area contributed by atoms with E-state index in [0.29, 0.717) is 6.61 Å². The molecule has 0 amide bonds. The van der Waals surface area contributed by atoms with Gasteiger partial charge in [0.25, 0.3) is 0 Å². The van der Waals surface area contributed by atoms with E-state index in [1.165, 1.54) is 0 Å². The Morgan fingerprint density at radius 2 is 2.33 bits per heavy atom. The van der Waals surface area contributed by atoms with Crippen molar-refractivity contribution in [3.8, 4) is 0 Å². The molecular weight excluding hydrogens is 258 g/mol. The molecule has 0 spiro atoms. The fraction of sp³-hybridized carbons (Fsp3) is 0.364. The van der Waals surface area contributed by atoms with Crippen molar-refractivity contribution in [3.63, 3.8) is 0 Å². The number of benzene rings is 1. The van der Waals surface area contributed by atoms with Crippen LogP contribution in [-0.2, 0) is 9.53 Å². The summed E-state index contributed by atoms with van der Waals surface area (Å²) in [4.78, 5) is 11.3. The van der Waals surface area contributed by atoms with Gasteiger partial charge in [-0.2, -0.15) is 0 Å². The number of carbonyl (C=O) groups is 1. The lowest BCUT2D eigenvalue weighted by atomic mass is 10.2. The van der Waals surface area contributed by atoms with Crippen LogP contribution in [0, 0.1) is 0 Å². The predicted octanol–water partition coefficient (Wildman–Crippen LogP) is 2.81. The first kappa shape index (κ1) is 12.0. The second kappa shape index (κ2) is 5.75. The highest BCUT2D eigenvalue weighted by Gasteiger charge is 2.12. The van der Waals surface area contributed by atoms with E-state index in [0.717, 1.165) is 10.2 Å². The summed E-state index contributed by atoms with van der Waals surface area (Å²) in [5.74, 6) is -0.238. The predicted molar refractivity (Wildman–Crippen MR) is 63.9 cm³/mol. The molecule has 0 aliphatic heterocycles. The minimum Gasteiger partial charge on any atom is -0.464 e. The zero-order chi connectivity index (χ0) is 11.3. The zero-order valence-electron chi connectivity index (χ0n) is 8.79. The maximum Gasteiger partial charge on any atom is 0.328 e. The van der Waals surface area contributed by atoms with Crippen molar-refractivity contribution < 1.29 is 9.53 Å².